The molecule has 0 spiro atoms. The van der Waals surface area contributed by atoms with Crippen molar-refractivity contribution in [3.8, 4) is 0 Å². The van der Waals surface area contributed by atoms with Crippen molar-refractivity contribution in [2.45, 2.75) is 20.3 Å². The Kier molecular flexibility index (Phi) is 7.35. The standard InChI is InChI=1S/C15H22N2O3/c1-3-17(4-2)11-8-12-20-15(19)16-14(18)13-9-6-5-7-10-13/h5-7,9-10H,3-4,8,11-12H2,1-2H3,(H,16,18,19). The van der Waals surface area contributed by atoms with E-state index in [9.17, 15) is 9.59 Å². The van der Waals surface area contributed by atoms with Gasteiger partial charge in [0.2, 0.25) is 0 Å². The van der Waals surface area contributed by atoms with Gasteiger partial charge < -0.3 is 9.64 Å². The summed E-state index contributed by atoms with van der Waals surface area (Å²) in [5.41, 5.74) is 0.438. The van der Waals surface area contributed by atoms with Gasteiger partial charge in [-0.25, -0.2) is 4.79 Å². The highest BCUT2D eigenvalue weighted by Crippen LogP contribution is 1.98. The van der Waals surface area contributed by atoms with Gasteiger partial charge in [-0.05, 0) is 31.6 Å². The Labute approximate surface area is 119 Å². The number of hydrogen-bond donors (Lipinski definition) is 1. The molecule has 0 unspecified atom stereocenters. The average molecular weight is 278 g/mol. The summed E-state index contributed by atoms with van der Waals surface area (Å²) in [7, 11) is 0. The molecule has 1 rings (SSSR count). The summed E-state index contributed by atoms with van der Waals surface area (Å²) < 4.78 is 4.98. The summed E-state index contributed by atoms with van der Waals surface area (Å²) in [5.74, 6) is -0.445. The van der Waals surface area contributed by atoms with E-state index >= 15 is 0 Å². The third-order valence-corrected chi connectivity index (χ3v) is 3.00. The van der Waals surface area contributed by atoms with Crippen LogP contribution in [0.1, 0.15) is 30.6 Å². The molecule has 1 aromatic rings. The Morgan fingerprint density at radius 2 is 1.80 bits per heavy atom. The van der Waals surface area contributed by atoms with Crippen molar-refractivity contribution in [1.82, 2.24) is 10.2 Å². The average Bonchev–Trinajstić information content (AvgIpc) is 2.48. The van der Waals surface area contributed by atoms with Crippen LogP contribution in [0.25, 0.3) is 0 Å². The highest BCUT2D eigenvalue weighted by molar-refractivity contribution is 6.02. The van der Waals surface area contributed by atoms with Crippen molar-refractivity contribution in [2.75, 3.05) is 26.2 Å². The molecule has 0 aliphatic heterocycles. The van der Waals surface area contributed by atoms with Crippen molar-refractivity contribution in [1.29, 1.82) is 0 Å². The predicted molar refractivity (Wildman–Crippen MR) is 77.7 cm³/mol. The normalized spacial score (nSPS) is 10.3. The fourth-order valence-corrected chi connectivity index (χ4v) is 1.78. The number of carbonyl (C=O) groups excluding carboxylic acids is 2. The molecule has 0 bridgehead atoms. The fraction of sp³-hybridized carbons (Fsp3) is 0.467. The van der Waals surface area contributed by atoms with Gasteiger partial charge in [-0.15, -0.1) is 0 Å². The zero-order valence-corrected chi connectivity index (χ0v) is 12.1. The number of rotatable bonds is 7. The number of imide groups is 1. The summed E-state index contributed by atoms with van der Waals surface area (Å²) in [6, 6.07) is 8.57. The highest BCUT2D eigenvalue weighted by Gasteiger charge is 2.10. The van der Waals surface area contributed by atoms with Crippen LogP contribution < -0.4 is 5.32 Å². The molecule has 1 N–H and O–H groups in total. The second-order valence-electron chi connectivity index (χ2n) is 4.34. The molecular formula is C15H22N2O3. The van der Waals surface area contributed by atoms with Crippen LogP contribution in [0.5, 0.6) is 0 Å². The van der Waals surface area contributed by atoms with Gasteiger partial charge in [0.15, 0.2) is 0 Å². The van der Waals surface area contributed by atoms with Crippen molar-refractivity contribution < 1.29 is 14.3 Å². The monoisotopic (exact) mass is 278 g/mol. The van der Waals surface area contributed by atoms with E-state index in [-0.39, 0.29) is 0 Å². The number of nitrogens with one attached hydrogen (secondary N) is 1. The summed E-state index contributed by atoms with van der Waals surface area (Å²) in [4.78, 5) is 25.4. The Hall–Kier alpha value is -1.88. The molecule has 20 heavy (non-hydrogen) atoms. The van der Waals surface area contributed by atoms with Gasteiger partial charge in [0.1, 0.15) is 0 Å². The lowest BCUT2D eigenvalue weighted by molar-refractivity contribution is 0.0915. The smallest absolute Gasteiger partial charge is 0.414 e. The summed E-state index contributed by atoms with van der Waals surface area (Å²) >= 11 is 0. The number of benzene rings is 1. The van der Waals surface area contributed by atoms with Crippen LogP contribution in [-0.2, 0) is 4.74 Å². The SMILES string of the molecule is CCN(CC)CCCOC(=O)NC(=O)c1ccccc1. The van der Waals surface area contributed by atoms with E-state index in [4.69, 9.17) is 4.74 Å². The van der Waals surface area contributed by atoms with Gasteiger partial charge >= 0.3 is 6.09 Å². The first-order valence-electron chi connectivity index (χ1n) is 6.92. The summed E-state index contributed by atoms with van der Waals surface area (Å²) in [5, 5.41) is 2.20. The predicted octanol–water partition coefficient (Wildman–Crippen LogP) is 2.28. The van der Waals surface area contributed by atoms with Crippen LogP contribution in [-0.4, -0.2) is 43.1 Å². The minimum Gasteiger partial charge on any atom is -0.449 e. The largest absolute Gasteiger partial charge is 0.449 e. The molecule has 0 aromatic heterocycles. The molecule has 110 valence electrons. The maximum atomic E-state index is 11.7. The van der Waals surface area contributed by atoms with E-state index in [1.165, 1.54) is 0 Å². The maximum Gasteiger partial charge on any atom is 0.414 e. The van der Waals surface area contributed by atoms with Crippen molar-refractivity contribution in [3.63, 3.8) is 0 Å². The Morgan fingerprint density at radius 1 is 1.15 bits per heavy atom. The van der Waals surface area contributed by atoms with Crippen molar-refractivity contribution in [2.24, 2.45) is 0 Å². The molecule has 0 aliphatic rings. The second kappa shape index (κ2) is 9.09. The highest BCUT2D eigenvalue weighted by atomic mass is 16.5. The molecule has 0 radical (unpaired) electrons. The Balaban J connectivity index is 2.22. The van der Waals surface area contributed by atoms with Gasteiger partial charge in [0.25, 0.3) is 5.91 Å². The van der Waals surface area contributed by atoms with E-state index in [2.05, 4.69) is 24.1 Å². The van der Waals surface area contributed by atoms with E-state index < -0.39 is 12.0 Å². The van der Waals surface area contributed by atoms with Crippen LogP contribution in [0.4, 0.5) is 4.79 Å². The van der Waals surface area contributed by atoms with Crippen LogP contribution >= 0.6 is 0 Å². The Bertz CT molecular complexity index is 416. The molecule has 0 aliphatic carbocycles. The molecular weight excluding hydrogens is 256 g/mol. The number of carbonyl (C=O) groups is 2. The first-order valence-corrected chi connectivity index (χ1v) is 6.92. The number of alkyl carbamates (subject to hydrolysis) is 1. The van der Waals surface area contributed by atoms with E-state index in [0.29, 0.717) is 12.2 Å². The molecule has 1 aromatic carbocycles. The molecule has 0 fully saturated rings. The molecule has 0 saturated heterocycles. The van der Waals surface area contributed by atoms with Crippen LogP contribution in [0.3, 0.4) is 0 Å². The molecule has 0 heterocycles. The van der Waals surface area contributed by atoms with E-state index in [1.807, 2.05) is 6.07 Å². The van der Waals surface area contributed by atoms with Gasteiger partial charge in [0.05, 0.1) is 6.61 Å². The van der Waals surface area contributed by atoms with Crippen molar-refractivity contribution >= 4 is 12.0 Å². The number of amides is 2. The lowest BCUT2D eigenvalue weighted by Crippen LogP contribution is -2.32. The minimum absolute atomic E-state index is 0.310. The topological polar surface area (TPSA) is 58.6 Å². The number of ether oxygens (including phenoxy) is 1. The molecule has 2 amide bonds. The fourth-order valence-electron chi connectivity index (χ4n) is 1.78. The minimum atomic E-state index is -0.696. The zero-order chi connectivity index (χ0) is 14.8. The van der Waals surface area contributed by atoms with E-state index in [1.54, 1.807) is 24.3 Å². The molecule has 0 atom stereocenters. The van der Waals surface area contributed by atoms with Gasteiger partial charge in [-0.3, -0.25) is 10.1 Å². The third kappa shape index (κ3) is 5.84. The van der Waals surface area contributed by atoms with Crippen LogP contribution in [0.2, 0.25) is 0 Å². The summed E-state index contributed by atoms with van der Waals surface area (Å²) in [6.07, 6.45) is 0.0626. The first-order chi connectivity index (χ1) is 9.67. The van der Waals surface area contributed by atoms with Crippen LogP contribution in [0.15, 0.2) is 30.3 Å². The van der Waals surface area contributed by atoms with Crippen molar-refractivity contribution in [3.05, 3.63) is 35.9 Å². The number of nitrogens with zero attached hydrogens (tertiary/aromatic N) is 1. The van der Waals surface area contributed by atoms with Crippen LogP contribution in [0, 0.1) is 0 Å². The quantitative estimate of drug-likeness (QED) is 0.777. The molecule has 0 saturated carbocycles. The second-order valence-corrected chi connectivity index (χ2v) is 4.34. The van der Waals surface area contributed by atoms with Gasteiger partial charge in [-0.2, -0.15) is 0 Å². The third-order valence-electron chi connectivity index (χ3n) is 3.00. The Morgan fingerprint density at radius 3 is 2.40 bits per heavy atom. The zero-order valence-electron chi connectivity index (χ0n) is 12.1. The molecule has 5 heteroatoms. The maximum absolute atomic E-state index is 11.7. The van der Waals surface area contributed by atoms with Gasteiger partial charge in [-0.1, -0.05) is 32.0 Å². The lowest BCUT2D eigenvalue weighted by Gasteiger charge is -2.17. The first kappa shape index (κ1) is 16.2. The lowest BCUT2D eigenvalue weighted by atomic mass is 10.2. The van der Waals surface area contributed by atoms with Gasteiger partial charge in [0, 0.05) is 12.1 Å². The number of hydrogen-bond acceptors (Lipinski definition) is 4. The molecule has 5 nitrogen and oxygen atoms in total. The van der Waals surface area contributed by atoms with E-state index in [0.717, 1.165) is 26.1 Å². The summed E-state index contributed by atoms with van der Waals surface area (Å²) in [6.45, 7) is 7.34.